The van der Waals surface area contributed by atoms with Gasteiger partial charge in [-0.15, -0.1) is 11.3 Å². The number of nitrogens with two attached hydrogens (primary N) is 1. The molecule has 2 N–H and O–H groups in total. The lowest BCUT2D eigenvalue weighted by Gasteiger charge is -1.99. The van der Waals surface area contributed by atoms with E-state index in [9.17, 15) is 0 Å². The molecule has 2 rings (SSSR count). The summed E-state index contributed by atoms with van der Waals surface area (Å²) in [6.45, 7) is 4.89. The highest BCUT2D eigenvalue weighted by atomic mass is 32.1. The van der Waals surface area contributed by atoms with Crippen LogP contribution in [-0.4, -0.2) is 11.5 Å². The van der Waals surface area contributed by atoms with Crippen LogP contribution in [0, 0.1) is 13.8 Å². The first kappa shape index (κ1) is 12.3. The van der Waals surface area contributed by atoms with Crippen molar-refractivity contribution in [2.75, 3.05) is 6.54 Å². The third-order valence-electron chi connectivity index (χ3n) is 2.75. The zero-order chi connectivity index (χ0) is 12.3. The third-order valence-corrected chi connectivity index (χ3v) is 3.96. The molecule has 1 aromatic carbocycles. The minimum absolute atomic E-state index is 0.701. The first-order valence-corrected chi connectivity index (χ1v) is 6.71. The molecular weight excluding hydrogens is 228 g/mol. The Morgan fingerprint density at radius 1 is 1.29 bits per heavy atom. The number of nitrogens with zero attached hydrogens (tertiary/aromatic N) is 1. The quantitative estimate of drug-likeness (QED) is 0.901. The fraction of sp³-hybridized carbons (Fsp3) is 0.357. The van der Waals surface area contributed by atoms with Gasteiger partial charge in [-0.05, 0) is 32.4 Å². The van der Waals surface area contributed by atoms with Gasteiger partial charge in [0, 0.05) is 11.3 Å². The van der Waals surface area contributed by atoms with Crippen LogP contribution in [-0.2, 0) is 12.8 Å². The van der Waals surface area contributed by atoms with Gasteiger partial charge in [-0.25, -0.2) is 4.98 Å². The molecule has 3 heteroatoms. The topological polar surface area (TPSA) is 38.9 Å². The molecule has 1 heterocycles. The molecule has 0 atom stereocenters. The van der Waals surface area contributed by atoms with Gasteiger partial charge in [0.15, 0.2) is 0 Å². The van der Waals surface area contributed by atoms with Crippen molar-refractivity contribution in [2.45, 2.75) is 26.7 Å². The summed E-state index contributed by atoms with van der Waals surface area (Å²) in [5, 5.41) is 1.19. The number of aromatic nitrogens is 1. The van der Waals surface area contributed by atoms with Gasteiger partial charge in [0.2, 0.25) is 0 Å². The van der Waals surface area contributed by atoms with Crippen LogP contribution in [0.1, 0.15) is 26.7 Å². The molecule has 0 fully saturated rings. The summed E-state index contributed by atoms with van der Waals surface area (Å²) in [7, 11) is 0. The van der Waals surface area contributed by atoms with Crippen LogP contribution in [0.3, 0.4) is 0 Å². The van der Waals surface area contributed by atoms with Crippen molar-refractivity contribution in [1.82, 2.24) is 4.98 Å². The van der Waals surface area contributed by atoms with Gasteiger partial charge in [-0.3, -0.25) is 0 Å². The second-order valence-electron chi connectivity index (χ2n) is 4.32. The standard InChI is InChI=1S/C14H18N2S/c1-10-4-3-5-12(8-10)9-14-16-11(2)13(17-14)6-7-15/h3-5,8H,6-7,9,15H2,1-2H3. The molecule has 2 aromatic rings. The Morgan fingerprint density at radius 2 is 2.12 bits per heavy atom. The van der Waals surface area contributed by atoms with Crippen LogP contribution in [0.15, 0.2) is 24.3 Å². The maximum atomic E-state index is 5.59. The van der Waals surface area contributed by atoms with Gasteiger partial charge in [-0.1, -0.05) is 29.8 Å². The summed E-state index contributed by atoms with van der Waals surface area (Å²) in [6.07, 6.45) is 1.87. The van der Waals surface area contributed by atoms with E-state index < -0.39 is 0 Å². The van der Waals surface area contributed by atoms with Gasteiger partial charge in [0.1, 0.15) is 0 Å². The molecule has 0 aliphatic heterocycles. The van der Waals surface area contributed by atoms with Crippen molar-refractivity contribution >= 4 is 11.3 Å². The van der Waals surface area contributed by atoms with Gasteiger partial charge in [0.25, 0.3) is 0 Å². The predicted molar refractivity (Wildman–Crippen MR) is 73.6 cm³/mol. The summed E-state index contributed by atoms with van der Waals surface area (Å²) in [5.74, 6) is 0. The molecule has 0 unspecified atom stereocenters. The zero-order valence-corrected chi connectivity index (χ0v) is 11.2. The number of aryl methyl sites for hydroxylation is 2. The summed E-state index contributed by atoms with van der Waals surface area (Å²) in [6, 6.07) is 8.61. The van der Waals surface area contributed by atoms with E-state index >= 15 is 0 Å². The minimum atomic E-state index is 0.701. The second-order valence-corrected chi connectivity index (χ2v) is 5.49. The van der Waals surface area contributed by atoms with Crippen LogP contribution in [0.2, 0.25) is 0 Å². The van der Waals surface area contributed by atoms with Crippen molar-refractivity contribution in [3.8, 4) is 0 Å². The van der Waals surface area contributed by atoms with E-state index in [1.807, 2.05) is 0 Å². The largest absolute Gasteiger partial charge is 0.330 e. The molecule has 0 amide bonds. The van der Waals surface area contributed by atoms with Gasteiger partial charge in [-0.2, -0.15) is 0 Å². The lowest BCUT2D eigenvalue weighted by molar-refractivity contribution is 0.966. The number of hydrogen-bond acceptors (Lipinski definition) is 3. The third kappa shape index (κ3) is 3.14. The first-order valence-electron chi connectivity index (χ1n) is 5.90. The fourth-order valence-corrected chi connectivity index (χ4v) is 3.04. The summed E-state index contributed by atoms with van der Waals surface area (Å²) in [4.78, 5) is 5.95. The number of hydrogen-bond donors (Lipinski definition) is 1. The Kier molecular flexibility index (Phi) is 3.92. The van der Waals surface area contributed by atoms with E-state index in [2.05, 4.69) is 43.1 Å². The highest BCUT2D eigenvalue weighted by Crippen LogP contribution is 2.21. The predicted octanol–water partition coefficient (Wildman–Crippen LogP) is 2.85. The fourth-order valence-electron chi connectivity index (χ4n) is 1.92. The Bertz CT molecular complexity index is 503. The van der Waals surface area contributed by atoms with Crippen LogP contribution in [0.4, 0.5) is 0 Å². The molecule has 1 aromatic heterocycles. The smallest absolute Gasteiger partial charge is 0.0974 e. The summed E-state index contributed by atoms with van der Waals surface area (Å²) >= 11 is 1.79. The Labute approximate surface area is 107 Å². The van der Waals surface area contributed by atoms with E-state index in [-0.39, 0.29) is 0 Å². The monoisotopic (exact) mass is 246 g/mol. The minimum Gasteiger partial charge on any atom is -0.330 e. The maximum absolute atomic E-state index is 5.59. The van der Waals surface area contributed by atoms with Gasteiger partial charge in [0.05, 0.1) is 10.7 Å². The Balaban J connectivity index is 2.16. The van der Waals surface area contributed by atoms with E-state index in [1.165, 1.54) is 21.0 Å². The van der Waals surface area contributed by atoms with Crippen molar-refractivity contribution in [2.24, 2.45) is 5.73 Å². The average Bonchev–Trinajstić information content (AvgIpc) is 2.60. The number of benzene rings is 1. The van der Waals surface area contributed by atoms with E-state index in [0.29, 0.717) is 6.54 Å². The normalized spacial score (nSPS) is 10.8. The number of thiazole rings is 1. The molecule has 0 saturated carbocycles. The van der Waals surface area contributed by atoms with Crippen molar-refractivity contribution in [3.63, 3.8) is 0 Å². The summed E-state index contributed by atoms with van der Waals surface area (Å²) in [5.41, 5.74) is 9.37. The molecule has 0 aliphatic carbocycles. The average molecular weight is 246 g/mol. The molecule has 0 saturated heterocycles. The van der Waals surface area contributed by atoms with Crippen LogP contribution in [0.5, 0.6) is 0 Å². The molecule has 0 spiro atoms. The molecule has 0 radical (unpaired) electrons. The Morgan fingerprint density at radius 3 is 2.82 bits per heavy atom. The van der Waals surface area contributed by atoms with E-state index in [4.69, 9.17) is 5.73 Å². The Hall–Kier alpha value is -1.19. The lowest BCUT2D eigenvalue weighted by atomic mass is 10.1. The van der Waals surface area contributed by atoms with Crippen LogP contribution < -0.4 is 5.73 Å². The van der Waals surface area contributed by atoms with E-state index in [1.54, 1.807) is 11.3 Å². The van der Waals surface area contributed by atoms with Gasteiger partial charge >= 0.3 is 0 Å². The molecule has 17 heavy (non-hydrogen) atoms. The molecule has 0 bridgehead atoms. The first-order chi connectivity index (χ1) is 8.19. The van der Waals surface area contributed by atoms with Crippen molar-refractivity contribution in [3.05, 3.63) is 51.0 Å². The SMILES string of the molecule is Cc1cccc(Cc2nc(C)c(CCN)s2)c1. The van der Waals surface area contributed by atoms with Gasteiger partial charge < -0.3 is 5.73 Å². The lowest BCUT2D eigenvalue weighted by Crippen LogP contribution is -2.01. The second kappa shape index (κ2) is 5.43. The van der Waals surface area contributed by atoms with Crippen LogP contribution in [0.25, 0.3) is 0 Å². The molecular formula is C14H18N2S. The maximum Gasteiger partial charge on any atom is 0.0974 e. The zero-order valence-electron chi connectivity index (χ0n) is 10.4. The van der Waals surface area contributed by atoms with Crippen molar-refractivity contribution < 1.29 is 0 Å². The summed E-state index contributed by atoms with van der Waals surface area (Å²) < 4.78 is 0. The molecule has 0 aliphatic rings. The highest BCUT2D eigenvalue weighted by molar-refractivity contribution is 7.11. The molecule has 90 valence electrons. The van der Waals surface area contributed by atoms with Crippen LogP contribution >= 0.6 is 11.3 Å². The van der Waals surface area contributed by atoms with E-state index in [0.717, 1.165) is 18.5 Å². The van der Waals surface area contributed by atoms with Crippen molar-refractivity contribution in [1.29, 1.82) is 0 Å². The molecule has 2 nitrogen and oxygen atoms in total. The highest BCUT2D eigenvalue weighted by Gasteiger charge is 2.07. The number of rotatable bonds is 4.